The number of thioether (sulfide) groups is 1. The molecule has 0 radical (unpaired) electrons. The second kappa shape index (κ2) is 12.0. The van der Waals surface area contributed by atoms with Crippen molar-refractivity contribution in [3.05, 3.63) is 72.5 Å². The molecule has 184 valence electrons. The van der Waals surface area contributed by atoms with Gasteiger partial charge in [0.1, 0.15) is 11.6 Å². The van der Waals surface area contributed by atoms with E-state index in [1.165, 1.54) is 12.1 Å². The number of hydrogen-bond acceptors (Lipinski definition) is 5. The summed E-state index contributed by atoms with van der Waals surface area (Å²) in [6.45, 7) is 3.34. The Morgan fingerprint density at radius 1 is 1.00 bits per heavy atom. The molecule has 3 aromatic rings. The van der Waals surface area contributed by atoms with Crippen LogP contribution in [0, 0.1) is 5.82 Å². The number of carbonyl (C=O) groups excluding carboxylic acids is 1. The molecular formula is C28H30FNO4S. The van der Waals surface area contributed by atoms with Gasteiger partial charge in [-0.25, -0.2) is 4.39 Å². The van der Waals surface area contributed by atoms with Crippen LogP contribution in [0.1, 0.15) is 19.8 Å². The summed E-state index contributed by atoms with van der Waals surface area (Å²) in [5, 5.41) is 0. The van der Waals surface area contributed by atoms with E-state index < -0.39 is 6.10 Å². The molecule has 7 heteroatoms. The zero-order chi connectivity index (χ0) is 24.6. The number of carbonyl (C=O) groups is 1. The quantitative estimate of drug-likeness (QED) is 0.296. The van der Waals surface area contributed by atoms with Gasteiger partial charge >= 0.3 is 0 Å². The van der Waals surface area contributed by atoms with Gasteiger partial charge in [0.2, 0.25) is 0 Å². The predicted molar refractivity (Wildman–Crippen MR) is 139 cm³/mol. The minimum atomic E-state index is -0.551. The van der Waals surface area contributed by atoms with Crippen LogP contribution in [0.15, 0.2) is 66.7 Å². The number of hydrogen-bond donors (Lipinski definition) is 0. The summed E-state index contributed by atoms with van der Waals surface area (Å²) in [6, 6.07) is 19.4. The van der Waals surface area contributed by atoms with Crippen molar-refractivity contribution in [2.45, 2.75) is 25.9 Å². The van der Waals surface area contributed by atoms with Gasteiger partial charge in [0, 0.05) is 24.7 Å². The van der Waals surface area contributed by atoms with Crippen molar-refractivity contribution in [1.82, 2.24) is 0 Å². The minimum absolute atomic E-state index is 0.0834. The highest BCUT2D eigenvalue weighted by molar-refractivity contribution is 7.99. The highest BCUT2D eigenvalue weighted by Gasteiger charge is 2.34. The highest BCUT2D eigenvalue weighted by atomic mass is 32.2. The van der Waals surface area contributed by atoms with Gasteiger partial charge in [-0.05, 0) is 65.5 Å². The van der Waals surface area contributed by atoms with Crippen molar-refractivity contribution in [1.29, 1.82) is 0 Å². The molecule has 4 rings (SSSR count). The SMILES string of the molecule is CCSCCCOc1ccc(N2CCC(Oc3ccc(-c4ccc(F)cc4)cc3)C2=O)cc1OC. The largest absolute Gasteiger partial charge is 0.493 e. The molecule has 0 spiro atoms. The van der Waals surface area contributed by atoms with Crippen LogP contribution in [-0.2, 0) is 4.79 Å². The summed E-state index contributed by atoms with van der Waals surface area (Å²) >= 11 is 1.89. The molecule has 3 aromatic carbocycles. The maximum atomic E-state index is 13.2. The minimum Gasteiger partial charge on any atom is -0.493 e. The van der Waals surface area contributed by atoms with Crippen LogP contribution >= 0.6 is 11.8 Å². The van der Waals surface area contributed by atoms with E-state index in [4.69, 9.17) is 14.2 Å². The van der Waals surface area contributed by atoms with Crippen LogP contribution in [-0.4, -0.2) is 43.8 Å². The fourth-order valence-electron chi connectivity index (χ4n) is 3.98. The van der Waals surface area contributed by atoms with Gasteiger partial charge in [0.15, 0.2) is 17.6 Å². The fourth-order valence-corrected chi connectivity index (χ4v) is 4.59. The second-order valence-electron chi connectivity index (χ2n) is 8.15. The first-order valence-corrected chi connectivity index (χ1v) is 13.0. The topological polar surface area (TPSA) is 48.0 Å². The lowest BCUT2D eigenvalue weighted by molar-refractivity contribution is -0.122. The molecule has 35 heavy (non-hydrogen) atoms. The summed E-state index contributed by atoms with van der Waals surface area (Å²) in [5.41, 5.74) is 2.64. The number of ether oxygens (including phenoxy) is 3. The van der Waals surface area contributed by atoms with E-state index >= 15 is 0 Å². The molecule has 0 aromatic heterocycles. The maximum absolute atomic E-state index is 13.2. The van der Waals surface area contributed by atoms with Crippen molar-refractivity contribution >= 4 is 23.4 Å². The van der Waals surface area contributed by atoms with Crippen molar-refractivity contribution in [2.24, 2.45) is 0 Å². The smallest absolute Gasteiger partial charge is 0.268 e. The van der Waals surface area contributed by atoms with Crippen LogP contribution < -0.4 is 19.1 Å². The molecule has 1 aliphatic heterocycles. The lowest BCUT2D eigenvalue weighted by atomic mass is 10.1. The third-order valence-electron chi connectivity index (χ3n) is 5.82. The number of amides is 1. The van der Waals surface area contributed by atoms with E-state index in [0.717, 1.165) is 34.7 Å². The van der Waals surface area contributed by atoms with Crippen molar-refractivity contribution in [2.75, 3.05) is 36.7 Å². The van der Waals surface area contributed by atoms with Gasteiger partial charge in [-0.3, -0.25) is 4.79 Å². The third-order valence-corrected chi connectivity index (χ3v) is 6.81. The van der Waals surface area contributed by atoms with Crippen LogP contribution in [0.2, 0.25) is 0 Å². The Bertz CT molecular complexity index is 1120. The number of methoxy groups -OCH3 is 1. The van der Waals surface area contributed by atoms with Gasteiger partial charge in [-0.2, -0.15) is 11.8 Å². The summed E-state index contributed by atoms with van der Waals surface area (Å²) in [6.07, 6.45) is 1.01. The normalized spacial score (nSPS) is 15.3. The standard InChI is InChI=1S/C28H30FNO4S/c1-3-35-18-4-17-33-25-14-11-23(19-27(25)32-2)30-16-15-26(28(30)31)34-24-12-7-21(8-13-24)20-5-9-22(29)10-6-20/h5-14,19,26H,3-4,15-18H2,1-2H3. The average Bonchev–Trinajstić information content (AvgIpc) is 3.24. The summed E-state index contributed by atoms with van der Waals surface area (Å²) in [5.74, 6) is 3.74. The lowest BCUT2D eigenvalue weighted by Gasteiger charge is -2.19. The van der Waals surface area contributed by atoms with E-state index in [-0.39, 0.29) is 11.7 Å². The molecule has 1 unspecified atom stereocenters. The van der Waals surface area contributed by atoms with Crippen molar-refractivity contribution in [3.63, 3.8) is 0 Å². The number of nitrogens with zero attached hydrogens (tertiary/aromatic N) is 1. The van der Waals surface area contributed by atoms with Crippen LogP contribution in [0.5, 0.6) is 17.2 Å². The Morgan fingerprint density at radius 2 is 1.71 bits per heavy atom. The van der Waals surface area contributed by atoms with E-state index in [9.17, 15) is 9.18 Å². The number of anilines is 1. The van der Waals surface area contributed by atoms with Crippen LogP contribution in [0.3, 0.4) is 0 Å². The summed E-state index contributed by atoms with van der Waals surface area (Å²) < 4.78 is 30.6. The lowest BCUT2D eigenvalue weighted by Crippen LogP contribution is -2.32. The number of rotatable bonds is 11. The fraction of sp³-hybridized carbons (Fsp3) is 0.321. The average molecular weight is 496 g/mol. The first-order valence-electron chi connectivity index (χ1n) is 11.8. The first-order chi connectivity index (χ1) is 17.1. The molecule has 1 heterocycles. The predicted octanol–water partition coefficient (Wildman–Crippen LogP) is 6.21. The van der Waals surface area contributed by atoms with Crippen LogP contribution in [0.25, 0.3) is 11.1 Å². The zero-order valence-corrected chi connectivity index (χ0v) is 20.9. The van der Waals surface area contributed by atoms with Gasteiger partial charge in [-0.15, -0.1) is 0 Å². The zero-order valence-electron chi connectivity index (χ0n) is 20.0. The Labute approximate surface area is 210 Å². The molecule has 1 fully saturated rings. The number of halogens is 1. The highest BCUT2D eigenvalue weighted by Crippen LogP contribution is 2.34. The van der Waals surface area contributed by atoms with Gasteiger partial charge in [-0.1, -0.05) is 31.2 Å². The Morgan fingerprint density at radius 3 is 2.40 bits per heavy atom. The Hall–Kier alpha value is -3.19. The molecule has 1 amide bonds. The molecular weight excluding hydrogens is 465 g/mol. The molecule has 1 atom stereocenters. The molecule has 1 aliphatic rings. The molecule has 5 nitrogen and oxygen atoms in total. The van der Waals surface area contributed by atoms with E-state index in [2.05, 4.69) is 6.92 Å². The monoisotopic (exact) mass is 495 g/mol. The maximum Gasteiger partial charge on any atom is 0.268 e. The molecule has 1 saturated heterocycles. The summed E-state index contributed by atoms with van der Waals surface area (Å²) in [4.78, 5) is 14.8. The van der Waals surface area contributed by atoms with E-state index in [1.807, 2.05) is 54.2 Å². The van der Waals surface area contributed by atoms with Gasteiger partial charge in [0.25, 0.3) is 5.91 Å². The van der Waals surface area contributed by atoms with Gasteiger partial charge in [0.05, 0.1) is 13.7 Å². The molecule has 0 bridgehead atoms. The first kappa shape index (κ1) is 24.9. The molecule has 0 aliphatic carbocycles. The van der Waals surface area contributed by atoms with Crippen LogP contribution in [0.4, 0.5) is 10.1 Å². The van der Waals surface area contributed by atoms with Gasteiger partial charge < -0.3 is 19.1 Å². The Balaban J connectivity index is 1.37. The second-order valence-corrected chi connectivity index (χ2v) is 9.54. The van der Waals surface area contributed by atoms with E-state index in [1.54, 1.807) is 24.1 Å². The number of benzene rings is 3. The van der Waals surface area contributed by atoms with Crippen molar-refractivity contribution in [3.8, 4) is 28.4 Å². The molecule has 0 N–H and O–H groups in total. The van der Waals surface area contributed by atoms with E-state index in [0.29, 0.717) is 36.8 Å². The summed E-state index contributed by atoms with van der Waals surface area (Å²) in [7, 11) is 1.60. The molecule has 0 saturated carbocycles. The van der Waals surface area contributed by atoms with Crippen molar-refractivity contribution < 1.29 is 23.4 Å². The third kappa shape index (κ3) is 6.28. The Kier molecular flexibility index (Phi) is 8.53.